The third kappa shape index (κ3) is 3.05. The summed E-state index contributed by atoms with van der Waals surface area (Å²) in [6, 6.07) is 0.996. The summed E-state index contributed by atoms with van der Waals surface area (Å²) in [6.07, 6.45) is 0. The van der Waals surface area contributed by atoms with Gasteiger partial charge in [-0.1, -0.05) is 0 Å². The highest BCUT2D eigenvalue weighted by molar-refractivity contribution is 7.14. The first-order valence-corrected chi connectivity index (χ1v) is 6.72. The molecule has 2 rings (SSSR count). The number of nitrogens with one attached hydrogen (secondary N) is 2. The lowest BCUT2D eigenvalue weighted by molar-refractivity contribution is 0.0698. The molecule has 8 heteroatoms. The molecule has 0 spiro atoms. The second-order valence-electron chi connectivity index (χ2n) is 3.26. The summed E-state index contributed by atoms with van der Waals surface area (Å²) in [7, 11) is 0. The summed E-state index contributed by atoms with van der Waals surface area (Å²) < 4.78 is 0. The molecule has 2 heterocycles. The van der Waals surface area contributed by atoms with Crippen molar-refractivity contribution in [2.45, 2.75) is 6.54 Å². The van der Waals surface area contributed by atoms with Gasteiger partial charge in [0.1, 0.15) is 5.00 Å². The van der Waals surface area contributed by atoms with Gasteiger partial charge in [0.25, 0.3) is 0 Å². The molecule has 0 aromatic carbocycles. The van der Waals surface area contributed by atoms with E-state index in [1.165, 1.54) is 17.4 Å². The first-order valence-electron chi connectivity index (χ1n) is 4.89. The van der Waals surface area contributed by atoms with Crippen molar-refractivity contribution in [3.63, 3.8) is 0 Å². The fourth-order valence-corrected chi connectivity index (χ4v) is 2.55. The molecule has 0 bridgehead atoms. The maximum Gasteiger partial charge on any atom is 0.338 e. The minimum atomic E-state index is -1.06. The van der Waals surface area contributed by atoms with Crippen LogP contribution in [0.1, 0.15) is 16.1 Å². The molecule has 0 saturated heterocycles. The van der Waals surface area contributed by atoms with Crippen LogP contribution in [0.5, 0.6) is 0 Å². The highest BCUT2D eigenvalue weighted by Gasteiger charge is 2.13. The Balaban J connectivity index is 1.91. The highest BCUT2D eigenvalue weighted by Crippen LogP contribution is 2.22. The van der Waals surface area contributed by atoms with E-state index in [2.05, 4.69) is 15.6 Å². The predicted octanol–water partition coefficient (Wildman–Crippen LogP) is 2.22. The van der Waals surface area contributed by atoms with E-state index < -0.39 is 12.0 Å². The number of amides is 2. The van der Waals surface area contributed by atoms with Crippen LogP contribution >= 0.6 is 22.7 Å². The van der Waals surface area contributed by atoms with E-state index in [0.29, 0.717) is 11.5 Å². The summed E-state index contributed by atoms with van der Waals surface area (Å²) in [4.78, 5) is 26.4. The minimum Gasteiger partial charge on any atom is -0.478 e. The number of urea groups is 1. The Kier molecular flexibility index (Phi) is 3.90. The van der Waals surface area contributed by atoms with E-state index in [9.17, 15) is 9.59 Å². The van der Waals surface area contributed by atoms with Gasteiger partial charge in [0.15, 0.2) is 0 Å². The average Bonchev–Trinajstić information content (AvgIpc) is 2.96. The maximum absolute atomic E-state index is 11.5. The van der Waals surface area contributed by atoms with Crippen molar-refractivity contribution in [2.75, 3.05) is 5.32 Å². The number of hydrogen-bond acceptors (Lipinski definition) is 5. The van der Waals surface area contributed by atoms with Crippen LogP contribution in [0.3, 0.4) is 0 Å². The van der Waals surface area contributed by atoms with Crippen LogP contribution in [0.4, 0.5) is 9.80 Å². The highest BCUT2D eigenvalue weighted by atomic mass is 32.1. The molecule has 18 heavy (non-hydrogen) atoms. The van der Waals surface area contributed by atoms with Crippen LogP contribution in [0.25, 0.3) is 0 Å². The van der Waals surface area contributed by atoms with E-state index in [-0.39, 0.29) is 5.56 Å². The molecule has 0 atom stereocenters. The molecule has 0 aliphatic rings. The monoisotopic (exact) mass is 283 g/mol. The van der Waals surface area contributed by atoms with Crippen molar-refractivity contribution >= 4 is 39.7 Å². The molecule has 0 saturated carbocycles. The summed E-state index contributed by atoms with van der Waals surface area (Å²) in [5, 5.41) is 17.7. The lowest BCUT2D eigenvalue weighted by Crippen LogP contribution is -2.28. The molecule has 0 aliphatic carbocycles. The van der Waals surface area contributed by atoms with Gasteiger partial charge in [-0.3, -0.25) is 5.32 Å². The van der Waals surface area contributed by atoms with Gasteiger partial charge >= 0.3 is 12.0 Å². The molecule has 2 amide bonds. The second kappa shape index (κ2) is 5.61. The number of aromatic nitrogens is 1. The number of thiophene rings is 1. The Bertz CT molecular complexity index is 550. The first kappa shape index (κ1) is 12.5. The molecular formula is C10H9N3O3S2. The summed E-state index contributed by atoms with van der Waals surface area (Å²) in [5.74, 6) is -1.06. The molecule has 94 valence electrons. The number of aromatic carboxylic acids is 1. The minimum absolute atomic E-state index is 0.0869. The van der Waals surface area contributed by atoms with Crippen molar-refractivity contribution in [2.24, 2.45) is 0 Å². The number of rotatable bonds is 4. The SMILES string of the molecule is O=C(NCc1cscn1)Nc1sccc1C(=O)O. The smallest absolute Gasteiger partial charge is 0.338 e. The quantitative estimate of drug-likeness (QED) is 0.802. The third-order valence-electron chi connectivity index (χ3n) is 2.04. The third-order valence-corrected chi connectivity index (χ3v) is 3.50. The molecule has 3 N–H and O–H groups in total. The number of carboxylic acids is 1. The van der Waals surface area contributed by atoms with Crippen LogP contribution in [-0.2, 0) is 6.54 Å². The number of anilines is 1. The fraction of sp³-hybridized carbons (Fsp3) is 0.100. The van der Waals surface area contributed by atoms with E-state index in [4.69, 9.17) is 5.11 Å². The Morgan fingerprint density at radius 2 is 2.28 bits per heavy atom. The molecule has 0 fully saturated rings. The van der Waals surface area contributed by atoms with Gasteiger partial charge in [-0.2, -0.15) is 0 Å². The summed E-state index contributed by atoms with van der Waals surface area (Å²) in [6.45, 7) is 0.309. The maximum atomic E-state index is 11.5. The zero-order valence-electron chi connectivity index (χ0n) is 9.04. The van der Waals surface area contributed by atoms with Crippen LogP contribution < -0.4 is 10.6 Å². The second-order valence-corrected chi connectivity index (χ2v) is 4.89. The standard InChI is InChI=1S/C10H9N3O3S2/c14-9(15)7-1-2-18-8(7)13-10(16)11-3-6-4-17-5-12-6/h1-2,4-5H,3H2,(H,14,15)(H2,11,13,16). The number of thiazole rings is 1. The van der Waals surface area contributed by atoms with E-state index in [1.54, 1.807) is 10.9 Å². The van der Waals surface area contributed by atoms with Crippen LogP contribution in [0.2, 0.25) is 0 Å². The van der Waals surface area contributed by atoms with Crippen molar-refractivity contribution < 1.29 is 14.7 Å². The Labute approximate surface area is 110 Å². The largest absolute Gasteiger partial charge is 0.478 e. The normalized spacial score (nSPS) is 10.0. The van der Waals surface area contributed by atoms with Gasteiger partial charge in [-0.15, -0.1) is 22.7 Å². The number of carboxylic acid groups (broad SMARTS) is 1. The lowest BCUT2D eigenvalue weighted by atomic mass is 10.3. The zero-order chi connectivity index (χ0) is 13.0. The van der Waals surface area contributed by atoms with Crippen LogP contribution in [0, 0.1) is 0 Å². The van der Waals surface area contributed by atoms with Gasteiger partial charge < -0.3 is 10.4 Å². The van der Waals surface area contributed by atoms with E-state index in [0.717, 1.165) is 17.0 Å². The van der Waals surface area contributed by atoms with E-state index in [1.807, 2.05) is 5.38 Å². The van der Waals surface area contributed by atoms with Crippen molar-refractivity contribution in [3.05, 3.63) is 33.6 Å². The Morgan fingerprint density at radius 1 is 1.44 bits per heavy atom. The first-order chi connectivity index (χ1) is 8.66. The molecule has 2 aromatic heterocycles. The Morgan fingerprint density at radius 3 is 2.94 bits per heavy atom. The summed E-state index contributed by atoms with van der Waals surface area (Å²) in [5.41, 5.74) is 2.53. The number of carbonyl (C=O) groups is 2. The topological polar surface area (TPSA) is 91.3 Å². The molecule has 2 aromatic rings. The van der Waals surface area contributed by atoms with Crippen LogP contribution in [0.15, 0.2) is 22.3 Å². The van der Waals surface area contributed by atoms with Gasteiger partial charge in [-0.05, 0) is 11.4 Å². The molecule has 6 nitrogen and oxygen atoms in total. The Hall–Kier alpha value is -1.93. The predicted molar refractivity (Wildman–Crippen MR) is 69.3 cm³/mol. The van der Waals surface area contributed by atoms with E-state index >= 15 is 0 Å². The number of hydrogen-bond donors (Lipinski definition) is 3. The molecular weight excluding hydrogens is 274 g/mol. The van der Waals surface area contributed by atoms with Gasteiger partial charge in [0.05, 0.1) is 23.3 Å². The number of carbonyl (C=O) groups excluding carboxylic acids is 1. The average molecular weight is 283 g/mol. The van der Waals surface area contributed by atoms with Gasteiger partial charge in [0.2, 0.25) is 0 Å². The van der Waals surface area contributed by atoms with Gasteiger partial charge in [0, 0.05) is 5.38 Å². The molecule has 0 aliphatic heterocycles. The number of nitrogens with zero attached hydrogens (tertiary/aromatic N) is 1. The van der Waals surface area contributed by atoms with Crippen molar-refractivity contribution in [1.82, 2.24) is 10.3 Å². The fourth-order valence-electron chi connectivity index (χ4n) is 1.22. The van der Waals surface area contributed by atoms with Crippen LogP contribution in [-0.4, -0.2) is 22.1 Å². The zero-order valence-corrected chi connectivity index (χ0v) is 10.7. The lowest BCUT2D eigenvalue weighted by Gasteiger charge is -2.05. The molecule has 0 unspecified atom stereocenters. The molecule has 0 radical (unpaired) electrons. The van der Waals surface area contributed by atoms with Gasteiger partial charge in [-0.25, -0.2) is 14.6 Å². The van der Waals surface area contributed by atoms with Crippen molar-refractivity contribution in [3.8, 4) is 0 Å². The summed E-state index contributed by atoms with van der Waals surface area (Å²) >= 11 is 2.61. The van der Waals surface area contributed by atoms with Crippen molar-refractivity contribution in [1.29, 1.82) is 0 Å².